The van der Waals surface area contributed by atoms with Crippen LogP contribution in [0.25, 0.3) is 0 Å². The molecule has 0 spiro atoms. The summed E-state index contributed by atoms with van der Waals surface area (Å²) in [5, 5.41) is 20.7. The molecule has 1 aromatic carbocycles. The van der Waals surface area contributed by atoms with Crippen molar-refractivity contribution in [3.05, 3.63) is 35.4 Å². The van der Waals surface area contributed by atoms with Crippen molar-refractivity contribution in [2.45, 2.75) is 0 Å². The number of carboxylic acids is 2. The Balaban J connectivity index is 0. The molecular formula is C9H4K2O5. The predicted octanol–water partition coefficient (Wildman–Crippen LogP) is -8.01. The van der Waals surface area contributed by atoms with Gasteiger partial charge in [-0.1, -0.05) is 24.3 Å². The first-order chi connectivity index (χ1) is 6.54. The molecule has 5 nitrogen and oxygen atoms in total. The van der Waals surface area contributed by atoms with Crippen LogP contribution in [0, 0.1) is 0 Å². The quantitative estimate of drug-likeness (QED) is 0.309. The second kappa shape index (κ2) is 9.09. The molecule has 16 heavy (non-hydrogen) atoms. The van der Waals surface area contributed by atoms with E-state index in [-0.39, 0.29) is 103 Å². The number of benzene rings is 1. The molecule has 0 heterocycles. The third kappa shape index (κ3) is 5.17. The first-order valence-electron chi connectivity index (χ1n) is 3.60. The van der Waals surface area contributed by atoms with Crippen LogP contribution >= 0.6 is 0 Å². The third-order valence-electron chi connectivity index (χ3n) is 1.58. The molecule has 0 aromatic heterocycles. The van der Waals surface area contributed by atoms with Crippen LogP contribution in [0.4, 0.5) is 0 Å². The molecule has 0 saturated heterocycles. The van der Waals surface area contributed by atoms with E-state index in [9.17, 15) is 24.6 Å². The van der Waals surface area contributed by atoms with Gasteiger partial charge in [0.1, 0.15) is 5.97 Å². The molecule has 0 N–H and O–H groups in total. The van der Waals surface area contributed by atoms with E-state index in [1.54, 1.807) is 0 Å². The summed E-state index contributed by atoms with van der Waals surface area (Å²) in [7, 11) is 0. The third-order valence-corrected chi connectivity index (χ3v) is 1.58. The number of carbonyl (C=O) groups is 3. The average molecular weight is 270 g/mol. The van der Waals surface area contributed by atoms with Crippen LogP contribution in [0.5, 0.6) is 0 Å². The SMILES string of the molecule is O=C([O-])C(=O)c1ccccc1C(=O)[O-].[K+].[K+]. The largest absolute Gasteiger partial charge is 1.00 e. The summed E-state index contributed by atoms with van der Waals surface area (Å²) in [6.07, 6.45) is 0. The van der Waals surface area contributed by atoms with Gasteiger partial charge in [0.15, 0.2) is 0 Å². The van der Waals surface area contributed by atoms with E-state index in [1.807, 2.05) is 0 Å². The molecule has 0 saturated carbocycles. The summed E-state index contributed by atoms with van der Waals surface area (Å²) in [6.45, 7) is 0. The Hall–Kier alpha value is 1.10. The molecule has 0 radical (unpaired) electrons. The second-order valence-corrected chi connectivity index (χ2v) is 2.45. The first kappa shape index (κ1) is 19.4. The van der Waals surface area contributed by atoms with Crippen LogP contribution in [0.3, 0.4) is 0 Å². The fourth-order valence-electron chi connectivity index (χ4n) is 0.969. The van der Waals surface area contributed by atoms with Crippen LogP contribution in [-0.4, -0.2) is 17.7 Å². The normalized spacial score (nSPS) is 8.25. The molecule has 0 atom stereocenters. The van der Waals surface area contributed by atoms with Crippen molar-refractivity contribution >= 4 is 17.7 Å². The van der Waals surface area contributed by atoms with Gasteiger partial charge in [-0.15, -0.1) is 0 Å². The zero-order chi connectivity index (χ0) is 10.7. The minimum absolute atomic E-state index is 0. The maximum atomic E-state index is 10.9. The van der Waals surface area contributed by atoms with Crippen molar-refractivity contribution in [1.29, 1.82) is 0 Å². The molecule has 0 amide bonds. The fourth-order valence-corrected chi connectivity index (χ4v) is 0.969. The topological polar surface area (TPSA) is 97.3 Å². The Morgan fingerprint density at radius 1 is 0.875 bits per heavy atom. The van der Waals surface area contributed by atoms with Crippen molar-refractivity contribution in [2.24, 2.45) is 0 Å². The molecule has 0 fully saturated rings. The Morgan fingerprint density at radius 3 is 1.69 bits per heavy atom. The van der Waals surface area contributed by atoms with Gasteiger partial charge in [0.25, 0.3) is 0 Å². The van der Waals surface area contributed by atoms with Gasteiger partial charge in [0.05, 0.1) is 5.97 Å². The molecule has 1 rings (SSSR count). The standard InChI is InChI=1S/C9H6O5.2K/c10-7(9(13)14)5-3-1-2-4-6(5)8(11)12;;/h1-4H,(H,11,12)(H,13,14);;/q;2*+1/p-2. The Bertz CT molecular complexity index is 416. The van der Waals surface area contributed by atoms with Crippen molar-refractivity contribution in [3.63, 3.8) is 0 Å². The number of rotatable bonds is 3. The Kier molecular flexibility index (Phi) is 11.0. The summed E-state index contributed by atoms with van der Waals surface area (Å²) >= 11 is 0. The average Bonchev–Trinajstić information content (AvgIpc) is 2.16. The van der Waals surface area contributed by atoms with E-state index in [0.29, 0.717) is 0 Å². The number of Topliss-reactive ketones (excluding diaryl/α,β-unsaturated/α-hetero) is 1. The monoisotopic (exact) mass is 270 g/mol. The molecule has 72 valence electrons. The van der Waals surface area contributed by atoms with E-state index >= 15 is 0 Å². The van der Waals surface area contributed by atoms with E-state index in [4.69, 9.17) is 0 Å². The molecule has 0 unspecified atom stereocenters. The molecule has 0 aliphatic carbocycles. The zero-order valence-corrected chi connectivity index (χ0v) is 15.1. The molecule has 0 aliphatic heterocycles. The smallest absolute Gasteiger partial charge is 0.545 e. The maximum absolute atomic E-state index is 10.9. The second-order valence-electron chi connectivity index (χ2n) is 2.45. The van der Waals surface area contributed by atoms with Crippen LogP contribution in [0.15, 0.2) is 24.3 Å². The number of ketones is 1. The van der Waals surface area contributed by atoms with E-state index < -0.39 is 28.8 Å². The number of carbonyl (C=O) groups excluding carboxylic acids is 3. The van der Waals surface area contributed by atoms with Gasteiger partial charge >= 0.3 is 103 Å². The number of aromatic carboxylic acids is 1. The number of aliphatic carboxylic acids is 1. The van der Waals surface area contributed by atoms with Gasteiger partial charge in [0, 0.05) is 11.1 Å². The summed E-state index contributed by atoms with van der Waals surface area (Å²) in [5.41, 5.74) is -0.894. The molecule has 1 aromatic rings. The minimum Gasteiger partial charge on any atom is -0.545 e. The van der Waals surface area contributed by atoms with Crippen LogP contribution < -0.4 is 113 Å². The maximum Gasteiger partial charge on any atom is 1.00 e. The van der Waals surface area contributed by atoms with E-state index in [1.165, 1.54) is 12.1 Å². The first-order valence-corrected chi connectivity index (χ1v) is 3.60. The van der Waals surface area contributed by atoms with Crippen LogP contribution in [0.2, 0.25) is 0 Å². The Morgan fingerprint density at radius 2 is 1.31 bits per heavy atom. The summed E-state index contributed by atoms with van der Waals surface area (Å²) < 4.78 is 0. The van der Waals surface area contributed by atoms with Gasteiger partial charge in [-0.25, -0.2) is 0 Å². The van der Waals surface area contributed by atoms with Gasteiger partial charge in [-0.05, 0) is 0 Å². The fraction of sp³-hybridized carbons (Fsp3) is 0. The minimum atomic E-state index is -1.95. The Labute approximate surface area is 176 Å². The number of carboxylic acid groups (broad SMARTS) is 2. The zero-order valence-electron chi connectivity index (χ0n) is 8.85. The molecule has 0 aliphatic rings. The van der Waals surface area contributed by atoms with Crippen LogP contribution in [-0.2, 0) is 4.79 Å². The van der Waals surface area contributed by atoms with E-state index in [0.717, 1.165) is 12.1 Å². The summed E-state index contributed by atoms with van der Waals surface area (Å²) in [6, 6.07) is 4.88. The van der Waals surface area contributed by atoms with Gasteiger partial charge < -0.3 is 19.8 Å². The molecule has 0 bridgehead atoms. The van der Waals surface area contributed by atoms with Gasteiger partial charge in [0.2, 0.25) is 5.78 Å². The van der Waals surface area contributed by atoms with E-state index in [2.05, 4.69) is 0 Å². The summed E-state index contributed by atoms with van der Waals surface area (Å²) in [4.78, 5) is 31.6. The van der Waals surface area contributed by atoms with Crippen molar-refractivity contribution in [2.75, 3.05) is 0 Å². The molecule has 7 heteroatoms. The van der Waals surface area contributed by atoms with Gasteiger partial charge in [-0.2, -0.15) is 0 Å². The molecular weight excluding hydrogens is 266 g/mol. The number of hydrogen-bond acceptors (Lipinski definition) is 5. The van der Waals surface area contributed by atoms with Crippen molar-refractivity contribution in [3.8, 4) is 0 Å². The number of hydrogen-bond donors (Lipinski definition) is 0. The van der Waals surface area contributed by atoms with Crippen molar-refractivity contribution in [1.82, 2.24) is 0 Å². The summed E-state index contributed by atoms with van der Waals surface area (Å²) in [5.74, 6) is -4.92. The van der Waals surface area contributed by atoms with Gasteiger partial charge in [-0.3, -0.25) is 4.79 Å². The predicted molar refractivity (Wildman–Crippen MR) is 40.1 cm³/mol. The van der Waals surface area contributed by atoms with Crippen molar-refractivity contribution < 1.29 is 127 Å². The van der Waals surface area contributed by atoms with Crippen LogP contribution in [0.1, 0.15) is 20.7 Å².